The largest absolute Gasteiger partial charge is 0.465 e. The Bertz CT molecular complexity index is 1530. The van der Waals surface area contributed by atoms with Gasteiger partial charge in [-0.2, -0.15) is 0 Å². The van der Waals surface area contributed by atoms with Crippen molar-refractivity contribution in [1.29, 1.82) is 0 Å². The molecule has 0 aliphatic carbocycles. The molecule has 0 spiro atoms. The first-order chi connectivity index (χ1) is 18.5. The predicted molar refractivity (Wildman–Crippen MR) is 153 cm³/mol. The lowest BCUT2D eigenvalue weighted by atomic mass is 9.84. The number of carbonyl (C=O) groups is 1. The smallest absolute Gasteiger partial charge is 0.348 e. The second-order valence-electron chi connectivity index (χ2n) is 8.85. The van der Waals surface area contributed by atoms with Gasteiger partial charge in [0.05, 0.1) is 12.9 Å². The van der Waals surface area contributed by atoms with E-state index in [1.165, 1.54) is 7.11 Å². The van der Waals surface area contributed by atoms with E-state index >= 15 is 0 Å². The van der Waals surface area contributed by atoms with Crippen LogP contribution in [0, 0.1) is 0 Å². The van der Waals surface area contributed by atoms with Crippen molar-refractivity contribution in [2.45, 2.75) is 10.5 Å². The van der Waals surface area contributed by atoms with E-state index in [1.807, 2.05) is 121 Å². The molecule has 0 N–H and O–H groups in total. The fourth-order valence-electron chi connectivity index (χ4n) is 4.94. The molecule has 5 rings (SSSR count). The molecule has 0 fully saturated rings. The van der Waals surface area contributed by atoms with Gasteiger partial charge in [0.25, 0.3) is 0 Å². The fraction of sp³-hybridized carbons (Fsp3) is 0.0938. The maximum atomic E-state index is 14.8. The molecule has 38 heavy (non-hydrogen) atoms. The summed E-state index contributed by atoms with van der Waals surface area (Å²) in [5, 5.41) is 0. The molecule has 0 aliphatic heterocycles. The number of carbonyl (C=O) groups excluding carboxylic acids is 1. The topological polar surface area (TPSA) is 60.4 Å². The summed E-state index contributed by atoms with van der Waals surface area (Å²) in [4.78, 5) is 13.6. The third-order valence-corrected chi connectivity index (χ3v) is 10.2. The first-order valence-electron chi connectivity index (χ1n) is 12.1. The molecule has 190 valence electrons. The van der Waals surface area contributed by atoms with Gasteiger partial charge < -0.3 is 4.74 Å². The molecule has 0 saturated carbocycles. The van der Waals surface area contributed by atoms with Gasteiger partial charge >= 0.3 is 5.97 Å². The third kappa shape index (κ3) is 4.57. The van der Waals surface area contributed by atoms with Gasteiger partial charge in [0.15, 0.2) is 9.84 Å². The zero-order chi connectivity index (χ0) is 26.6. The van der Waals surface area contributed by atoms with Gasteiger partial charge in [-0.1, -0.05) is 121 Å². The Kier molecular flexibility index (Phi) is 7.27. The van der Waals surface area contributed by atoms with Gasteiger partial charge in [0, 0.05) is 10.4 Å². The predicted octanol–water partition coefficient (Wildman–Crippen LogP) is 7.11. The van der Waals surface area contributed by atoms with Gasteiger partial charge in [0.2, 0.25) is 0 Å². The number of sulfone groups is 1. The molecule has 6 heteroatoms. The summed E-state index contributed by atoms with van der Waals surface area (Å²) >= 11 is 1.16. The minimum absolute atomic E-state index is 0.257. The van der Waals surface area contributed by atoms with E-state index in [0.29, 0.717) is 32.0 Å². The van der Waals surface area contributed by atoms with Crippen molar-refractivity contribution >= 4 is 27.1 Å². The highest BCUT2D eigenvalue weighted by Gasteiger charge is 2.48. The summed E-state index contributed by atoms with van der Waals surface area (Å²) in [5.41, 5.74) is 3.46. The minimum Gasteiger partial charge on any atom is -0.465 e. The molecule has 1 heterocycles. The lowest BCUT2D eigenvalue weighted by Crippen LogP contribution is -2.39. The zero-order valence-electron chi connectivity index (χ0n) is 20.8. The van der Waals surface area contributed by atoms with Gasteiger partial charge in [-0.25, -0.2) is 13.2 Å². The molecule has 4 aromatic carbocycles. The van der Waals surface area contributed by atoms with Gasteiger partial charge in [-0.3, -0.25) is 0 Å². The van der Waals surface area contributed by atoms with Crippen molar-refractivity contribution < 1.29 is 17.9 Å². The second-order valence-corrected chi connectivity index (χ2v) is 12.1. The number of hydrogen-bond acceptors (Lipinski definition) is 5. The first kappa shape index (κ1) is 25.6. The summed E-state index contributed by atoms with van der Waals surface area (Å²) in [5.74, 6) is -0.745. The lowest BCUT2D eigenvalue weighted by Gasteiger charge is -2.35. The van der Waals surface area contributed by atoms with E-state index in [2.05, 4.69) is 0 Å². The Balaban J connectivity index is 1.73. The second kappa shape index (κ2) is 10.8. The summed E-state index contributed by atoms with van der Waals surface area (Å²) < 4.78 is 33.2. The van der Waals surface area contributed by atoms with E-state index in [9.17, 15) is 13.2 Å². The van der Waals surface area contributed by atoms with Crippen LogP contribution >= 0.6 is 11.3 Å². The van der Waals surface area contributed by atoms with Crippen molar-refractivity contribution in [1.82, 2.24) is 0 Å². The molecule has 0 unspecified atom stereocenters. The molecule has 0 saturated heterocycles. The Morgan fingerprint density at radius 2 is 1.13 bits per heavy atom. The van der Waals surface area contributed by atoms with Crippen LogP contribution in [0.1, 0.15) is 31.2 Å². The third-order valence-electron chi connectivity index (χ3n) is 6.58. The molecule has 0 bridgehead atoms. The van der Waals surface area contributed by atoms with E-state index in [0.717, 1.165) is 16.9 Å². The van der Waals surface area contributed by atoms with Crippen molar-refractivity contribution in [2.24, 2.45) is 0 Å². The highest BCUT2D eigenvalue weighted by atomic mass is 32.2. The quantitative estimate of drug-likeness (QED) is 0.156. The van der Waals surface area contributed by atoms with E-state index < -0.39 is 20.6 Å². The maximum absolute atomic E-state index is 14.8. The SMILES string of the molecule is COC(=O)c1sc(CS(=O)(=O)C(c2ccccc2)(c2ccccc2)c2ccccc2)cc1-c1ccccc1. The Labute approximate surface area is 227 Å². The average molecular weight is 539 g/mol. The normalized spacial score (nSPS) is 11.7. The van der Waals surface area contributed by atoms with Crippen LogP contribution in [-0.2, 0) is 25.1 Å². The number of hydrogen-bond donors (Lipinski definition) is 0. The Morgan fingerprint density at radius 1 is 0.711 bits per heavy atom. The fourth-order valence-corrected chi connectivity index (χ4v) is 8.70. The molecule has 0 atom stereocenters. The summed E-state index contributed by atoms with van der Waals surface area (Å²) in [6.45, 7) is 0. The van der Waals surface area contributed by atoms with Crippen molar-refractivity contribution in [3.05, 3.63) is 154 Å². The summed E-state index contributed by atoms with van der Waals surface area (Å²) in [6.07, 6.45) is 0. The lowest BCUT2D eigenvalue weighted by molar-refractivity contribution is 0.0607. The number of rotatable bonds is 8. The van der Waals surface area contributed by atoms with Gasteiger partial charge in [-0.05, 0) is 28.3 Å². The number of esters is 1. The van der Waals surface area contributed by atoms with Gasteiger partial charge in [-0.15, -0.1) is 11.3 Å². The highest BCUT2D eigenvalue weighted by molar-refractivity contribution is 7.92. The van der Waals surface area contributed by atoms with E-state index in [4.69, 9.17) is 4.74 Å². The van der Waals surface area contributed by atoms with Crippen molar-refractivity contribution in [3.63, 3.8) is 0 Å². The molecule has 0 aliphatic rings. The number of benzene rings is 4. The zero-order valence-corrected chi connectivity index (χ0v) is 22.4. The van der Waals surface area contributed by atoms with Crippen molar-refractivity contribution in [2.75, 3.05) is 7.11 Å². The van der Waals surface area contributed by atoms with Crippen LogP contribution in [-0.4, -0.2) is 21.5 Å². The highest BCUT2D eigenvalue weighted by Crippen LogP contribution is 2.46. The summed E-state index contributed by atoms with van der Waals surface area (Å²) in [7, 11) is -2.62. The maximum Gasteiger partial charge on any atom is 0.348 e. The molecular formula is C32H26O4S2. The van der Waals surface area contributed by atoms with Crippen LogP contribution in [0.15, 0.2) is 127 Å². The van der Waals surface area contributed by atoms with E-state index in [-0.39, 0.29) is 5.75 Å². The van der Waals surface area contributed by atoms with Crippen LogP contribution in [0.2, 0.25) is 0 Å². The summed E-state index contributed by atoms with van der Waals surface area (Å²) in [6, 6.07) is 39.2. The van der Waals surface area contributed by atoms with Gasteiger partial charge in [0.1, 0.15) is 9.62 Å². The van der Waals surface area contributed by atoms with Crippen LogP contribution < -0.4 is 0 Å². The molecule has 4 nitrogen and oxygen atoms in total. The standard InChI is InChI=1S/C32H26O4S2/c1-36-31(33)30-29(24-14-6-2-7-15-24)22-28(37-30)23-38(34,35)32(25-16-8-3-9-17-25,26-18-10-4-11-19-26)27-20-12-5-13-21-27/h2-22H,23H2,1H3. The van der Waals surface area contributed by atoms with Crippen LogP contribution in [0.4, 0.5) is 0 Å². The molecule has 5 aromatic rings. The number of thiophene rings is 1. The Hall–Kier alpha value is -4.00. The van der Waals surface area contributed by atoms with E-state index in [1.54, 1.807) is 6.07 Å². The first-order valence-corrected chi connectivity index (χ1v) is 14.6. The molecule has 0 radical (unpaired) electrons. The molecular weight excluding hydrogens is 512 g/mol. The van der Waals surface area contributed by atoms with Crippen LogP contribution in [0.3, 0.4) is 0 Å². The number of methoxy groups -OCH3 is 1. The van der Waals surface area contributed by atoms with Crippen molar-refractivity contribution in [3.8, 4) is 11.1 Å². The van der Waals surface area contributed by atoms with Crippen LogP contribution in [0.5, 0.6) is 0 Å². The minimum atomic E-state index is -3.96. The average Bonchev–Trinajstić information content (AvgIpc) is 3.38. The Morgan fingerprint density at radius 3 is 1.55 bits per heavy atom. The van der Waals surface area contributed by atoms with Crippen LogP contribution in [0.25, 0.3) is 11.1 Å². The monoisotopic (exact) mass is 538 g/mol. The molecule has 1 aromatic heterocycles. The molecule has 0 amide bonds. The number of ether oxygens (including phenoxy) is 1.